The average Bonchev–Trinajstić information content (AvgIpc) is 2.36. The molecule has 6 heteroatoms. The van der Waals surface area contributed by atoms with E-state index in [2.05, 4.69) is 10.3 Å². The molecule has 1 amide bonds. The SMILES string of the molecule is CCOC(C)(C)CNC(=O)c1ccc(C(N)=S)cn1. The second kappa shape index (κ2) is 6.58. The highest BCUT2D eigenvalue weighted by molar-refractivity contribution is 7.80. The van der Waals surface area contributed by atoms with E-state index in [9.17, 15) is 4.79 Å². The zero-order valence-electron chi connectivity index (χ0n) is 11.4. The second-order valence-electron chi connectivity index (χ2n) is 4.67. The van der Waals surface area contributed by atoms with Gasteiger partial charge in [0.25, 0.3) is 5.91 Å². The summed E-state index contributed by atoms with van der Waals surface area (Å²) in [5.74, 6) is -0.248. The van der Waals surface area contributed by atoms with Crippen molar-refractivity contribution in [1.82, 2.24) is 10.3 Å². The molecule has 0 saturated carbocycles. The number of nitrogens with one attached hydrogen (secondary N) is 1. The Morgan fingerprint density at radius 3 is 2.68 bits per heavy atom. The van der Waals surface area contributed by atoms with Gasteiger partial charge in [-0.25, -0.2) is 0 Å². The molecule has 1 rings (SSSR count). The number of pyridine rings is 1. The summed E-state index contributed by atoms with van der Waals surface area (Å²) >= 11 is 4.82. The Morgan fingerprint density at radius 1 is 1.53 bits per heavy atom. The van der Waals surface area contributed by atoms with E-state index in [1.807, 2.05) is 20.8 Å². The van der Waals surface area contributed by atoms with Crippen LogP contribution in [0.2, 0.25) is 0 Å². The smallest absolute Gasteiger partial charge is 0.269 e. The van der Waals surface area contributed by atoms with E-state index in [1.54, 1.807) is 12.1 Å². The van der Waals surface area contributed by atoms with Gasteiger partial charge in [-0.3, -0.25) is 9.78 Å². The summed E-state index contributed by atoms with van der Waals surface area (Å²) < 4.78 is 5.50. The fraction of sp³-hybridized carbons (Fsp3) is 0.462. The topological polar surface area (TPSA) is 77.2 Å². The maximum Gasteiger partial charge on any atom is 0.269 e. The van der Waals surface area contributed by atoms with E-state index in [-0.39, 0.29) is 10.9 Å². The first-order valence-corrected chi connectivity index (χ1v) is 6.44. The number of hydrogen-bond donors (Lipinski definition) is 2. The van der Waals surface area contributed by atoms with Gasteiger partial charge in [0, 0.05) is 24.9 Å². The predicted octanol–water partition coefficient (Wildman–Crippen LogP) is 1.26. The Kier molecular flexibility index (Phi) is 5.38. The monoisotopic (exact) mass is 281 g/mol. The summed E-state index contributed by atoms with van der Waals surface area (Å²) in [5.41, 5.74) is 6.03. The van der Waals surface area contributed by atoms with E-state index in [0.717, 1.165) is 0 Å². The van der Waals surface area contributed by atoms with Crippen molar-refractivity contribution in [1.29, 1.82) is 0 Å². The van der Waals surface area contributed by atoms with Crippen molar-refractivity contribution in [2.75, 3.05) is 13.2 Å². The van der Waals surface area contributed by atoms with Crippen LogP contribution in [0.3, 0.4) is 0 Å². The summed E-state index contributed by atoms with van der Waals surface area (Å²) in [4.78, 5) is 16.2. The summed E-state index contributed by atoms with van der Waals surface area (Å²) in [7, 11) is 0. The molecular weight excluding hydrogens is 262 g/mol. The molecule has 1 heterocycles. The largest absolute Gasteiger partial charge is 0.389 e. The van der Waals surface area contributed by atoms with Crippen molar-refractivity contribution in [3.8, 4) is 0 Å². The van der Waals surface area contributed by atoms with E-state index < -0.39 is 5.60 Å². The average molecular weight is 281 g/mol. The molecule has 0 fully saturated rings. The molecule has 0 atom stereocenters. The normalized spacial score (nSPS) is 11.1. The van der Waals surface area contributed by atoms with Crippen LogP contribution in [0.5, 0.6) is 0 Å². The molecule has 1 aromatic heterocycles. The lowest BCUT2D eigenvalue weighted by atomic mass is 10.1. The van der Waals surface area contributed by atoms with Gasteiger partial charge >= 0.3 is 0 Å². The van der Waals surface area contributed by atoms with Gasteiger partial charge in [0.2, 0.25) is 0 Å². The summed E-state index contributed by atoms with van der Waals surface area (Å²) in [6.45, 7) is 6.77. The first-order chi connectivity index (χ1) is 8.85. The van der Waals surface area contributed by atoms with Crippen LogP contribution in [0.4, 0.5) is 0 Å². The highest BCUT2D eigenvalue weighted by atomic mass is 32.1. The molecule has 104 valence electrons. The molecule has 5 nitrogen and oxygen atoms in total. The minimum atomic E-state index is -0.400. The van der Waals surface area contributed by atoms with Crippen molar-refractivity contribution in [2.45, 2.75) is 26.4 Å². The lowest BCUT2D eigenvalue weighted by molar-refractivity contribution is -0.00818. The predicted molar refractivity (Wildman–Crippen MR) is 78.2 cm³/mol. The van der Waals surface area contributed by atoms with Gasteiger partial charge in [-0.05, 0) is 32.9 Å². The molecule has 0 aliphatic rings. The third kappa shape index (κ3) is 4.92. The molecule has 0 aliphatic heterocycles. The van der Waals surface area contributed by atoms with Crippen LogP contribution in [-0.4, -0.2) is 34.6 Å². The molecule has 0 spiro atoms. The lowest BCUT2D eigenvalue weighted by Gasteiger charge is -2.24. The first-order valence-electron chi connectivity index (χ1n) is 6.04. The standard InChI is InChI=1S/C13H19N3O2S/c1-4-18-13(2,3)8-16-12(17)10-6-5-9(7-15-10)11(14)19/h5-7H,4,8H2,1-3H3,(H2,14,19)(H,16,17). The molecule has 1 aromatic rings. The van der Waals surface area contributed by atoms with Crippen LogP contribution in [0.25, 0.3) is 0 Å². The zero-order chi connectivity index (χ0) is 14.5. The van der Waals surface area contributed by atoms with Gasteiger partial charge in [-0.2, -0.15) is 0 Å². The third-order valence-corrected chi connectivity index (χ3v) is 2.73. The van der Waals surface area contributed by atoms with Crippen molar-refractivity contribution in [3.63, 3.8) is 0 Å². The number of carbonyl (C=O) groups is 1. The van der Waals surface area contributed by atoms with E-state index in [4.69, 9.17) is 22.7 Å². The van der Waals surface area contributed by atoms with Gasteiger partial charge in [-0.15, -0.1) is 0 Å². The van der Waals surface area contributed by atoms with Crippen LogP contribution in [0.1, 0.15) is 36.8 Å². The number of hydrogen-bond acceptors (Lipinski definition) is 4. The quantitative estimate of drug-likeness (QED) is 0.768. The number of nitrogens with zero attached hydrogens (tertiary/aromatic N) is 1. The Balaban J connectivity index is 2.61. The minimum absolute atomic E-state index is 0.248. The lowest BCUT2D eigenvalue weighted by Crippen LogP contribution is -2.40. The van der Waals surface area contributed by atoms with Crippen LogP contribution >= 0.6 is 12.2 Å². The number of nitrogens with two attached hydrogens (primary N) is 1. The maximum absolute atomic E-state index is 11.9. The summed E-state index contributed by atoms with van der Waals surface area (Å²) in [5, 5.41) is 2.78. The Labute approximate surface area is 118 Å². The number of thiocarbonyl (C=S) groups is 1. The maximum atomic E-state index is 11.9. The Morgan fingerprint density at radius 2 is 2.21 bits per heavy atom. The summed E-state index contributed by atoms with van der Waals surface area (Å²) in [6.07, 6.45) is 1.49. The molecule has 0 unspecified atom stereocenters. The molecule has 3 N–H and O–H groups in total. The number of rotatable bonds is 6. The fourth-order valence-electron chi connectivity index (χ4n) is 1.50. The third-order valence-electron chi connectivity index (χ3n) is 2.49. The van der Waals surface area contributed by atoms with Crippen LogP contribution in [0, 0.1) is 0 Å². The number of aromatic nitrogens is 1. The first kappa shape index (κ1) is 15.5. The van der Waals surface area contributed by atoms with Gasteiger partial charge in [0.15, 0.2) is 0 Å². The molecule has 0 aliphatic carbocycles. The molecule has 0 aromatic carbocycles. The number of ether oxygens (including phenoxy) is 1. The van der Waals surface area contributed by atoms with Crippen molar-refractivity contribution in [2.24, 2.45) is 5.73 Å². The van der Waals surface area contributed by atoms with Crippen LogP contribution in [-0.2, 0) is 4.74 Å². The van der Waals surface area contributed by atoms with Gasteiger partial charge in [-0.1, -0.05) is 12.2 Å². The second-order valence-corrected chi connectivity index (χ2v) is 5.11. The molecule has 19 heavy (non-hydrogen) atoms. The highest BCUT2D eigenvalue weighted by Crippen LogP contribution is 2.07. The van der Waals surface area contributed by atoms with E-state index in [1.165, 1.54) is 6.20 Å². The fourth-order valence-corrected chi connectivity index (χ4v) is 1.62. The van der Waals surface area contributed by atoms with E-state index >= 15 is 0 Å². The van der Waals surface area contributed by atoms with Gasteiger partial charge in [0.1, 0.15) is 10.7 Å². The Hall–Kier alpha value is -1.53. The van der Waals surface area contributed by atoms with Crippen molar-refractivity contribution >= 4 is 23.1 Å². The number of carbonyl (C=O) groups excluding carboxylic acids is 1. The van der Waals surface area contributed by atoms with Crippen LogP contribution < -0.4 is 11.1 Å². The van der Waals surface area contributed by atoms with Crippen molar-refractivity contribution < 1.29 is 9.53 Å². The molecule has 0 bridgehead atoms. The molecule has 0 saturated heterocycles. The highest BCUT2D eigenvalue weighted by Gasteiger charge is 2.19. The van der Waals surface area contributed by atoms with E-state index in [0.29, 0.717) is 24.4 Å². The van der Waals surface area contributed by atoms with Gasteiger partial charge in [0.05, 0.1) is 5.60 Å². The summed E-state index contributed by atoms with van der Waals surface area (Å²) in [6, 6.07) is 3.27. The zero-order valence-corrected chi connectivity index (χ0v) is 12.2. The van der Waals surface area contributed by atoms with Gasteiger partial charge < -0.3 is 15.8 Å². The number of amides is 1. The molecule has 0 radical (unpaired) electrons. The molecular formula is C13H19N3O2S. The van der Waals surface area contributed by atoms with Crippen LogP contribution in [0.15, 0.2) is 18.3 Å². The van der Waals surface area contributed by atoms with Crippen molar-refractivity contribution in [3.05, 3.63) is 29.6 Å². The Bertz CT molecular complexity index is 457. The minimum Gasteiger partial charge on any atom is -0.389 e.